The van der Waals surface area contributed by atoms with E-state index in [0.29, 0.717) is 12.5 Å². The third-order valence-corrected chi connectivity index (χ3v) is 3.71. The van der Waals surface area contributed by atoms with Crippen LogP contribution in [0.15, 0.2) is 18.2 Å². The summed E-state index contributed by atoms with van der Waals surface area (Å²) < 4.78 is 0. The summed E-state index contributed by atoms with van der Waals surface area (Å²) in [4.78, 5) is 22.8. The van der Waals surface area contributed by atoms with Gasteiger partial charge in [0.05, 0.1) is 11.3 Å². The molecule has 20 heavy (non-hydrogen) atoms. The van der Waals surface area contributed by atoms with Gasteiger partial charge >= 0.3 is 12.0 Å². The molecule has 1 atom stereocenters. The number of rotatable bonds is 4. The third-order valence-electron chi connectivity index (χ3n) is 3.71. The van der Waals surface area contributed by atoms with Gasteiger partial charge in [0.15, 0.2) is 0 Å². The molecule has 6 nitrogen and oxygen atoms in total. The van der Waals surface area contributed by atoms with E-state index in [0.717, 1.165) is 12.5 Å². The van der Waals surface area contributed by atoms with E-state index in [9.17, 15) is 14.7 Å². The van der Waals surface area contributed by atoms with Crippen LogP contribution < -0.4 is 10.6 Å². The Balaban J connectivity index is 1.96. The Bertz CT molecular complexity index is 554. The van der Waals surface area contributed by atoms with Gasteiger partial charge < -0.3 is 20.8 Å². The minimum Gasteiger partial charge on any atom is -0.508 e. The van der Waals surface area contributed by atoms with Gasteiger partial charge in [-0.15, -0.1) is 0 Å². The molecule has 1 unspecified atom stereocenters. The molecule has 2 rings (SSSR count). The van der Waals surface area contributed by atoms with Gasteiger partial charge in [0, 0.05) is 6.54 Å². The zero-order valence-electron chi connectivity index (χ0n) is 11.4. The number of amides is 2. The van der Waals surface area contributed by atoms with Crippen LogP contribution in [0, 0.1) is 11.3 Å². The van der Waals surface area contributed by atoms with Crippen molar-refractivity contribution in [3.8, 4) is 5.75 Å². The highest BCUT2D eigenvalue weighted by Crippen LogP contribution is 2.50. The van der Waals surface area contributed by atoms with Crippen molar-refractivity contribution in [2.24, 2.45) is 11.3 Å². The van der Waals surface area contributed by atoms with Crippen molar-refractivity contribution in [1.82, 2.24) is 5.32 Å². The first-order valence-corrected chi connectivity index (χ1v) is 6.41. The number of carbonyl (C=O) groups excluding carboxylic acids is 1. The molecule has 1 aromatic rings. The van der Waals surface area contributed by atoms with Gasteiger partial charge in [0.1, 0.15) is 5.75 Å². The SMILES string of the molecule is CC1(C)CC1CNC(=O)Nc1ccc(O)cc1C(=O)O. The molecule has 6 heteroatoms. The lowest BCUT2D eigenvalue weighted by Crippen LogP contribution is -2.31. The number of carbonyl (C=O) groups is 2. The van der Waals surface area contributed by atoms with Gasteiger partial charge in [0.2, 0.25) is 0 Å². The van der Waals surface area contributed by atoms with Crippen LogP contribution in [0.4, 0.5) is 10.5 Å². The molecule has 2 amide bonds. The Morgan fingerprint density at radius 3 is 2.60 bits per heavy atom. The maximum absolute atomic E-state index is 11.7. The lowest BCUT2D eigenvalue weighted by atomic mass is 10.1. The maximum Gasteiger partial charge on any atom is 0.337 e. The summed E-state index contributed by atoms with van der Waals surface area (Å²) in [6, 6.07) is 3.34. The molecule has 0 radical (unpaired) electrons. The maximum atomic E-state index is 11.7. The van der Waals surface area contributed by atoms with Crippen molar-refractivity contribution in [3.63, 3.8) is 0 Å². The van der Waals surface area contributed by atoms with Crippen LogP contribution in [0.5, 0.6) is 5.75 Å². The van der Waals surface area contributed by atoms with E-state index < -0.39 is 12.0 Å². The molecule has 0 aliphatic heterocycles. The number of carboxylic acids is 1. The second-order valence-corrected chi connectivity index (χ2v) is 5.76. The summed E-state index contributed by atoms with van der Waals surface area (Å²) in [6.45, 7) is 4.85. The molecule has 1 fully saturated rings. The summed E-state index contributed by atoms with van der Waals surface area (Å²) in [6.07, 6.45) is 1.08. The largest absolute Gasteiger partial charge is 0.508 e. The Kier molecular flexibility index (Phi) is 3.57. The number of hydrogen-bond acceptors (Lipinski definition) is 3. The molecule has 108 valence electrons. The zero-order chi connectivity index (χ0) is 14.9. The fourth-order valence-electron chi connectivity index (χ4n) is 2.13. The number of hydrogen-bond donors (Lipinski definition) is 4. The first-order valence-electron chi connectivity index (χ1n) is 6.41. The fraction of sp³-hybridized carbons (Fsp3) is 0.429. The van der Waals surface area contributed by atoms with Crippen LogP contribution in [0.3, 0.4) is 0 Å². The van der Waals surface area contributed by atoms with Crippen LogP contribution in [-0.2, 0) is 0 Å². The van der Waals surface area contributed by atoms with E-state index in [1.54, 1.807) is 0 Å². The fourth-order valence-corrected chi connectivity index (χ4v) is 2.13. The molecule has 1 aliphatic rings. The number of nitrogens with one attached hydrogen (secondary N) is 2. The average molecular weight is 278 g/mol. The van der Waals surface area contributed by atoms with Crippen molar-refractivity contribution in [1.29, 1.82) is 0 Å². The molecule has 0 saturated heterocycles. The van der Waals surface area contributed by atoms with Crippen molar-refractivity contribution >= 4 is 17.7 Å². The van der Waals surface area contributed by atoms with Crippen LogP contribution in [0.25, 0.3) is 0 Å². The van der Waals surface area contributed by atoms with Gasteiger partial charge in [-0.1, -0.05) is 13.8 Å². The second-order valence-electron chi connectivity index (χ2n) is 5.76. The van der Waals surface area contributed by atoms with E-state index in [2.05, 4.69) is 24.5 Å². The topological polar surface area (TPSA) is 98.7 Å². The van der Waals surface area contributed by atoms with Gasteiger partial charge in [-0.05, 0) is 36.0 Å². The highest BCUT2D eigenvalue weighted by Gasteiger charge is 2.45. The van der Waals surface area contributed by atoms with Crippen LogP contribution in [0.1, 0.15) is 30.6 Å². The van der Waals surface area contributed by atoms with E-state index in [1.165, 1.54) is 12.1 Å². The molecule has 1 saturated carbocycles. The number of carboxylic acid groups (broad SMARTS) is 1. The zero-order valence-corrected chi connectivity index (χ0v) is 11.4. The number of phenolic OH excluding ortho intramolecular Hbond substituents is 1. The van der Waals surface area contributed by atoms with Gasteiger partial charge in [-0.25, -0.2) is 9.59 Å². The number of benzene rings is 1. The highest BCUT2D eigenvalue weighted by atomic mass is 16.4. The van der Waals surface area contributed by atoms with Gasteiger partial charge in [-0.3, -0.25) is 0 Å². The van der Waals surface area contributed by atoms with Crippen LogP contribution in [-0.4, -0.2) is 28.8 Å². The molecule has 1 aliphatic carbocycles. The molecule has 0 spiro atoms. The number of urea groups is 1. The number of aromatic carboxylic acids is 1. The summed E-state index contributed by atoms with van der Waals surface area (Å²) in [7, 11) is 0. The molecular weight excluding hydrogens is 260 g/mol. The summed E-state index contributed by atoms with van der Waals surface area (Å²) in [5.74, 6) is -0.903. The first-order chi connectivity index (χ1) is 9.29. The number of aromatic hydroxyl groups is 1. The third kappa shape index (κ3) is 3.20. The molecule has 0 heterocycles. The van der Waals surface area contributed by atoms with Crippen LogP contribution >= 0.6 is 0 Å². The minimum absolute atomic E-state index is 0.146. The summed E-state index contributed by atoms with van der Waals surface area (Å²) >= 11 is 0. The molecule has 1 aromatic carbocycles. The van der Waals surface area contributed by atoms with Crippen molar-refractivity contribution in [2.75, 3.05) is 11.9 Å². The van der Waals surface area contributed by atoms with E-state index in [4.69, 9.17) is 5.11 Å². The van der Waals surface area contributed by atoms with E-state index in [1.807, 2.05) is 0 Å². The highest BCUT2D eigenvalue weighted by molar-refractivity contribution is 6.00. The predicted octanol–water partition coefficient (Wildman–Crippen LogP) is 2.26. The Morgan fingerprint density at radius 1 is 1.40 bits per heavy atom. The summed E-state index contributed by atoms with van der Waals surface area (Å²) in [5.41, 5.74) is 0.285. The van der Waals surface area contributed by atoms with Gasteiger partial charge in [0.25, 0.3) is 0 Å². The lowest BCUT2D eigenvalue weighted by Gasteiger charge is -2.10. The Hall–Kier alpha value is -2.24. The van der Waals surface area contributed by atoms with E-state index >= 15 is 0 Å². The lowest BCUT2D eigenvalue weighted by molar-refractivity contribution is 0.0697. The number of anilines is 1. The average Bonchev–Trinajstić information content (AvgIpc) is 2.96. The Morgan fingerprint density at radius 2 is 2.05 bits per heavy atom. The molecular formula is C14H18N2O4. The monoisotopic (exact) mass is 278 g/mol. The normalized spacial score (nSPS) is 19.2. The van der Waals surface area contributed by atoms with Crippen LogP contribution in [0.2, 0.25) is 0 Å². The Labute approximate surface area is 116 Å². The first kappa shape index (κ1) is 14.2. The predicted molar refractivity (Wildman–Crippen MR) is 74.0 cm³/mol. The molecule has 0 bridgehead atoms. The quantitative estimate of drug-likeness (QED) is 0.635. The van der Waals surface area contributed by atoms with Crippen molar-refractivity contribution in [2.45, 2.75) is 20.3 Å². The minimum atomic E-state index is -1.21. The molecule has 4 N–H and O–H groups in total. The number of phenols is 1. The second kappa shape index (κ2) is 5.03. The van der Waals surface area contributed by atoms with E-state index in [-0.39, 0.29) is 22.4 Å². The standard InChI is InChI=1S/C14H18N2O4/c1-14(2)6-8(14)7-15-13(20)16-11-4-3-9(17)5-10(11)12(18)19/h3-5,8,17H,6-7H2,1-2H3,(H,18,19)(H2,15,16,20). The van der Waals surface area contributed by atoms with Gasteiger partial charge in [-0.2, -0.15) is 0 Å². The van der Waals surface area contributed by atoms with Crippen molar-refractivity contribution in [3.05, 3.63) is 23.8 Å². The molecule has 0 aromatic heterocycles. The smallest absolute Gasteiger partial charge is 0.337 e. The van der Waals surface area contributed by atoms with Crippen molar-refractivity contribution < 1.29 is 19.8 Å². The summed E-state index contributed by atoms with van der Waals surface area (Å²) in [5, 5.41) is 23.5.